The Morgan fingerprint density at radius 2 is 1.79 bits per heavy atom. The number of pyridine rings is 1. The highest BCUT2D eigenvalue weighted by atomic mass is 16.1. The number of fused-ring (bicyclic) bond motifs is 4. The van der Waals surface area contributed by atoms with Crippen LogP contribution < -0.4 is 10.6 Å². The van der Waals surface area contributed by atoms with E-state index in [9.17, 15) is 4.79 Å². The second-order valence-corrected chi connectivity index (χ2v) is 7.07. The van der Waals surface area contributed by atoms with E-state index in [-0.39, 0.29) is 5.78 Å². The summed E-state index contributed by atoms with van der Waals surface area (Å²) in [7, 11) is 0. The first-order valence-electron chi connectivity index (χ1n) is 9.65. The van der Waals surface area contributed by atoms with Crippen LogP contribution in [0.25, 0.3) is 23.2 Å². The largest absolute Gasteiger partial charge is 0.342 e. The lowest BCUT2D eigenvalue weighted by Crippen LogP contribution is -2.26. The van der Waals surface area contributed by atoms with Crippen LogP contribution in [0.1, 0.15) is 22.5 Å². The van der Waals surface area contributed by atoms with Crippen LogP contribution in [0.3, 0.4) is 0 Å². The minimum atomic E-state index is 0.158. The Bertz CT molecular complexity index is 1330. The highest BCUT2D eigenvalue weighted by Gasteiger charge is 2.14. The Balaban J connectivity index is 0.000000125. The number of allylic oxidation sites excluding steroid dienone is 2. The molecule has 0 saturated carbocycles. The zero-order valence-electron chi connectivity index (χ0n) is 15.8. The van der Waals surface area contributed by atoms with Crippen molar-refractivity contribution in [1.82, 2.24) is 9.88 Å². The Kier molecular flexibility index (Phi) is 4.37. The molecule has 29 heavy (non-hydrogen) atoms. The molecule has 1 aromatic heterocycles. The first-order valence-corrected chi connectivity index (χ1v) is 9.65. The molecular weight excluding hydrogens is 358 g/mol. The van der Waals surface area contributed by atoms with E-state index in [2.05, 4.69) is 39.3 Å². The van der Waals surface area contributed by atoms with Gasteiger partial charge in [-0.3, -0.25) is 9.79 Å². The molecule has 0 spiro atoms. The molecule has 3 aliphatic rings. The fourth-order valence-electron chi connectivity index (χ4n) is 3.62. The summed E-state index contributed by atoms with van der Waals surface area (Å²) in [6, 6.07) is 18.0. The Labute approximate surface area is 168 Å². The summed E-state index contributed by atoms with van der Waals surface area (Å²) in [6.45, 7) is 0.954. The van der Waals surface area contributed by atoms with Crippen molar-refractivity contribution in [2.45, 2.75) is 6.42 Å². The molecule has 6 rings (SSSR count). The molecule has 4 nitrogen and oxygen atoms in total. The molecule has 0 amide bonds. The van der Waals surface area contributed by atoms with Crippen molar-refractivity contribution < 1.29 is 4.79 Å². The van der Waals surface area contributed by atoms with Crippen molar-refractivity contribution >= 4 is 29.0 Å². The van der Waals surface area contributed by atoms with Crippen LogP contribution in [-0.2, 0) is 0 Å². The van der Waals surface area contributed by atoms with Crippen LogP contribution in [0.5, 0.6) is 0 Å². The number of carbonyl (C=O) groups is 1. The van der Waals surface area contributed by atoms with Gasteiger partial charge in [-0.2, -0.15) is 0 Å². The number of hydrogen-bond donors (Lipinski definition) is 0. The van der Waals surface area contributed by atoms with Crippen molar-refractivity contribution in [2.75, 3.05) is 6.54 Å². The van der Waals surface area contributed by atoms with Crippen LogP contribution in [0, 0.1) is 0 Å². The zero-order chi connectivity index (χ0) is 19.6. The Hall–Kier alpha value is -3.79. The minimum Gasteiger partial charge on any atom is -0.342 e. The van der Waals surface area contributed by atoms with Crippen molar-refractivity contribution in [1.29, 1.82) is 0 Å². The molecule has 140 valence electrons. The molecule has 2 aliphatic heterocycles. The molecule has 0 N–H and O–H groups in total. The van der Waals surface area contributed by atoms with E-state index >= 15 is 0 Å². The average Bonchev–Trinajstić information content (AvgIpc) is 3.12. The first kappa shape index (κ1) is 17.3. The van der Waals surface area contributed by atoms with E-state index in [1.54, 1.807) is 0 Å². The van der Waals surface area contributed by atoms with Gasteiger partial charge < -0.3 is 4.90 Å². The van der Waals surface area contributed by atoms with Gasteiger partial charge in [0, 0.05) is 35.3 Å². The standard InChI is InChI=1S/C13H9NO.C12H10N2/c15-13-7-3-6-12-10(13)8-9-4-1-2-5-11(9)14-12;1-2-6-12-10(4-1)9-14-7-3-5-11(14)8-13-12/h1-6,8H,7H2;1-6,8-9H,7H2. The van der Waals surface area contributed by atoms with Gasteiger partial charge in [0.25, 0.3) is 0 Å². The van der Waals surface area contributed by atoms with Crippen molar-refractivity contribution in [3.05, 3.63) is 107 Å². The summed E-state index contributed by atoms with van der Waals surface area (Å²) in [6.07, 6.45) is 12.6. The fraction of sp³-hybridized carbons (Fsp3) is 0.0800. The summed E-state index contributed by atoms with van der Waals surface area (Å²) >= 11 is 0. The lowest BCUT2D eigenvalue weighted by Gasteiger charge is -2.11. The number of Topliss-reactive ketones (excluding diaryl/α,β-unsaturated/α-hetero) is 1. The number of rotatable bonds is 0. The lowest BCUT2D eigenvalue weighted by atomic mass is 9.99. The van der Waals surface area contributed by atoms with Gasteiger partial charge >= 0.3 is 0 Å². The van der Waals surface area contributed by atoms with Crippen molar-refractivity contribution in [2.24, 2.45) is 4.99 Å². The molecular formula is C25H19N3O. The molecule has 0 atom stereocenters. The zero-order valence-corrected chi connectivity index (χ0v) is 15.8. The van der Waals surface area contributed by atoms with Gasteiger partial charge in [-0.25, -0.2) is 4.98 Å². The van der Waals surface area contributed by atoms with Gasteiger partial charge in [0.2, 0.25) is 0 Å². The maximum Gasteiger partial charge on any atom is 0.168 e. The molecule has 1 aliphatic carbocycles. The van der Waals surface area contributed by atoms with Gasteiger partial charge in [-0.05, 0) is 30.4 Å². The maximum atomic E-state index is 11.6. The van der Waals surface area contributed by atoms with E-state index in [0.717, 1.165) is 34.1 Å². The Morgan fingerprint density at radius 3 is 2.76 bits per heavy atom. The van der Waals surface area contributed by atoms with E-state index in [1.165, 1.54) is 10.9 Å². The second-order valence-electron chi connectivity index (χ2n) is 7.07. The third-order valence-corrected chi connectivity index (χ3v) is 5.12. The summed E-state index contributed by atoms with van der Waals surface area (Å²) in [4.78, 5) is 22.7. The Morgan fingerprint density at radius 1 is 0.931 bits per heavy atom. The third kappa shape index (κ3) is 3.41. The number of ketones is 1. The van der Waals surface area contributed by atoms with Gasteiger partial charge in [0.15, 0.2) is 5.78 Å². The van der Waals surface area contributed by atoms with Gasteiger partial charge in [-0.15, -0.1) is 0 Å². The lowest BCUT2D eigenvalue weighted by molar-refractivity contribution is 0.0994. The summed E-state index contributed by atoms with van der Waals surface area (Å²) in [5.41, 5.74) is 3.65. The number of benzene rings is 2. The minimum absolute atomic E-state index is 0.158. The SMILES string of the molecule is C1=CC2=CN=c3ccccc3=CN2C1.O=C1CC=Cc2nc3ccccc3cc21. The number of hydrogen-bond acceptors (Lipinski definition) is 4. The predicted octanol–water partition coefficient (Wildman–Crippen LogP) is 3.61. The molecule has 0 fully saturated rings. The number of aromatic nitrogens is 1. The number of para-hydroxylation sites is 2. The predicted molar refractivity (Wildman–Crippen MR) is 115 cm³/mol. The van der Waals surface area contributed by atoms with Gasteiger partial charge in [0.1, 0.15) is 0 Å². The molecule has 4 heteroatoms. The summed E-state index contributed by atoms with van der Waals surface area (Å²) < 4.78 is 0. The summed E-state index contributed by atoms with van der Waals surface area (Å²) in [5, 5.41) is 3.25. The van der Waals surface area contributed by atoms with Gasteiger partial charge in [0.05, 0.1) is 28.5 Å². The van der Waals surface area contributed by atoms with Crippen LogP contribution in [0.4, 0.5) is 0 Å². The monoisotopic (exact) mass is 377 g/mol. The quantitative estimate of drug-likeness (QED) is 0.601. The topological polar surface area (TPSA) is 45.6 Å². The normalized spacial score (nSPS) is 15.8. The fourth-order valence-corrected chi connectivity index (χ4v) is 3.62. The smallest absolute Gasteiger partial charge is 0.168 e. The van der Waals surface area contributed by atoms with E-state index in [4.69, 9.17) is 0 Å². The van der Waals surface area contributed by atoms with E-state index in [0.29, 0.717) is 6.42 Å². The molecule has 0 bridgehead atoms. The summed E-state index contributed by atoms with van der Waals surface area (Å²) in [5.74, 6) is 0.158. The maximum absolute atomic E-state index is 11.6. The van der Waals surface area contributed by atoms with E-state index < -0.39 is 0 Å². The van der Waals surface area contributed by atoms with Crippen LogP contribution in [0.2, 0.25) is 0 Å². The molecule has 2 aromatic carbocycles. The third-order valence-electron chi connectivity index (χ3n) is 5.12. The molecule has 3 aromatic rings. The van der Waals surface area contributed by atoms with Gasteiger partial charge in [-0.1, -0.05) is 48.6 Å². The van der Waals surface area contributed by atoms with Crippen molar-refractivity contribution in [3.63, 3.8) is 0 Å². The molecule has 0 radical (unpaired) electrons. The van der Waals surface area contributed by atoms with Crippen LogP contribution in [0.15, 0.2) is 89.7 Å². The molecule has 3 heterocycles. The van der Waals surface area contributed by atoms with Crippen molar-refractivity contribution in [3.8, 4) is 0 Å². The first-order chi connectivity index (χ1) is 14.3. The van der Waals surface area contributed by atoms with E-state index in [1.807, 2.05) is 66.9 Å². The highest BCUT2D eigenvalue weighted by Crippen LogP contribution is 2.22. The average molecular weight is 377 g/mol. The van der Waals surface area contributed by atoms with Crippen LogP contribution >= 0.6 is 0 Å². The molecule has 0 unspecified atom stereocenters. The highest BCUT2D eigenvalue weighted by molar-refractivity contribution is 6.04. The number of nitrogens with zero attached hydrogens (tertiary/aromatic N) is 3. The van der Waals surface area contributed by atoms with Crippen LogP contribution in [-0.4, -0.2) is 22.2 Å². The number of carbonyl (C=O) groups excluding carboxylic acids is 1. The second kappa shape index (κ2) is 7.32. The molecule has 0 saturated heterocycles.